The van der Waals surface area contributed by atoms with Crippen LogP contribution in [-0.4, -0.2) is 30.4 Å². The van der Waals surface area contributed by atoms with Crippen molar-refractivity contribution in [1.82, 2.24) is 9.13 Å². The van der Waals surface area contributed by atoms with Gasteiger partial charge in [-0.2, -0.15) is 0 Å². The molecule has 264 valence electrons. The molecule has 5 saturated carbocycles. The van der Waals surface area contributed by atoms with Gasteiger partial charge in [0, 0.05) is 24.5 Å². The van der Waals surface area contributed by atoms with E-state index in [0.29, 0.717) is 0 Å². The van der Waals surface area contributed by atoms with Crippen LogP contribution >= 0.6 is 26.3 Å². The van der Waals surface area contributed by atoms with Crippen LogP contribution in [0.1, 0.15) is 178 Å². The van der Waals surface area contributed by atoms with Crippen LogP contribution in [0.15, 0.2) is 42.7 Å². The molecule has 5 aliphatic rings. The maximum Gasteiger partial charge on any atom is 0.108 e. The third-order valence-corrected chi connectivity index (χ3v) is 20.6. The van der Waals surface area contributed by atoms with E-state index in [0.717, 1.165) is 34.6 Å². The van der Waals surface area contributed by atoms with Gasteiger partial charge in [-0.15, -0.1) is 0 Å². The Morgan fingerprint density at radius 1 is 0.532 bits per heavy atom. The molecule has 0 N–H and O–H groups in total. The molecule has 2 aromatic rings. The van der Waals surface area contributed by atoms with E-state index in [1.807, 2.05) is 41.6 Å². The summed E-state index contributed by atoms with van der Waals surface area (Å²) in [5.41, 5.74) is 4.23. The zero-order valence-electron chi connectivity index (χ0n) is 29.1. The number of benzene rings is 1. The Morgan fingerprint density at radius 2 is 0.894 bits per heavy atom. The SMILES string of the molecule is [Cl][Ru]([Cl])=[C]=Cc1ccccc1.c1cn(C2CCCCC2)c(=P(C2CCCCC2)(C2CCCCC2)C2CCCCC2)n1C1CCCCC1. The van der Waals surface area contributed by atoms with Gasteiger partial charge in [-0.3, -0.25) is 0 Å². The molecular formula is C41H63Cl2N2PRu. The largest absolute Gasteiger partial charge is 0.330 e. The van der Waals surface area contributed by atoms with Crippen molar-refractivity contribution in [2.75, 3.05) is 0 Å². The third-order valence-electron chi connectivity index (χ3n) is 12.8. The van der Waals surface area contributed by atoms with Crippen molar-refractivity contribution in [3.8, 4) is 0 Å². The summed E-state index contributed by atoms with van der Waals surface area (Å²) in [5.74, 6) is 0. The number of halogens is 2. The molecule has 5 aliphatic carbocycles. The van der Waals surface area contributed by atoms with E-state index in [1.54, 1.807) is 38.5 Å². The first-order valence-corrected chi connectivity index (χ1v) is 27.2. The molecule has 7 rings (SSSR count). The smallest absolute Gasteiger partial charge is 0.108 e. The van der Waals surface area contributed by atoms with E-state index in [1.165, 1.54) is 122 Å². The van der Waals surface area contributed by atoms with Crippen molar-refractivity contribution in [2.24, 2.45) is 0 Å². The fourth-order valence-electron chi connectivity index (χ4n) is 10.7. The predicted molar refractivity (Wildman–Crippen MR) is 205 cm³/mol. The number of aromatic nitrogens is 2. The molecule has 2 nitrogen and oxygen atoms in total. The van der Waals surface area contributed by atoms with Crippen molar-refractivity contribution >= 4 is 36.6 Å². The summed E-state index contributed by atoms with van der Waals surface area (Å²) in [6, 6.07) is 11.5. The zero-order chi connectivity index (χ0) is 32.3. The molecular weight excluding hydrogens is 723 g/mol. The Morgan fingerprint density at radius 3 is 1.26 bits per heavy atom. The van der Waals surface area contributed by atoms with Crippen LogP contribution in [0.25, 0.3) is 6.08 Å². The topological polar surface area (TPSA) is 9.86 Å². The Hall–Kier alpha value is -0.287. The number of nitrogens with zero attached hydrogens (tertiary/aromatic N) is 2. The Bertz CT molecular complexity index is 1280. The van der Waals surface area contributed by atoms with Crippen molar-refractivity contribution in [2.45, 2.75) is 190 Å². The molecule has 5 fully saturated rings. The monoisotopic (exact) mass is 786 g/mol. The van der Waals surface area contributed by atoms with Gasteiger partial charge < -0.3 is 9.13 Å². The van der Waals surface area contributed by atoms with Crippen molar-refractivity contribution < 1.29 is 13.5 Å². The molecule has 1 heterocycles. The number of imidazole rings is 1. The van der Waals surface area contributed by atoms with Gasteiger partial charge in [0.2, 0.25) is 0 Å². The van der Waals surface area contributed by atoms with Crippen molar-refractivity contribution in [3.05, 3.63) is 53.5 Å². The Balaban J connectivity index is 0.000000300. The first kappa shape index (κ1) is 36.5. The number of hydrogen-bond acceptors (Lipinski definition) is 0. The van der Waals surface area contributed by atoms with E-state index >= 15 is 0 Å². The van der Waals surface area contributed by atoms with E-state index in [4.69, 9.17) is 19.4 Å². The molecule has 0 saturated heterocycles. The second-order valence-corrected chi connectivity index (χ2v) is 25.2. The van der Waals surface area contributed by atoms with Crippen molar-refractivity contribution in [1.29, 1.82) is 0 Å². The summed E-state index contributed by atoms with van der Waals surface area (Å²) < 4.78 is 9.02. The first-order valence-electron chi connectivity index (χ1n) is 19.8. The van der Waals surface area contributed by atoms with E-state index in [2.05, 4.69) is 25.8 Å². The molecule has 0 radical (unpaired) electrons. The summed E-state index contributed by atoms with van der Waals surface area (Å²) in [4.78, 5) is 0. The molecule has 0 amide bonds. The van der Waals surface area contributed by atoms with Crippen LogP contribution in [0.2, 0.25) is 0 Å². The molecule has 0 bridgehead atoms. The van der Waals surface area contributed by atoms with Crippen molar-refractivity contribution in [3.63, 3.8) is 0 Å². The second kappa shape index (κ2) is 18.8. The van der Waals surface area contributed by atoms with Gasteiger partial charge in [0.05, 0.1) is 0 Å². The van der Waals surface area contributed by atoms with Crippen LogP contribution in [0.3, 0.4) is 0 Å². The molecule has 0 unspecified atom stereocenters. The van der Waals surface area contributed by atoms with Gasteiger partial charge in [0.25, 0.3) is 0 Å². The molecule has 0 aliphatic heterocycles. The van der Waals surface area contributed by atoms with E-state index < -0.39 is 20.4 Å². The summed E-state index contributed by atoms with van der Waals surface area (Å²) in [7, 11) is 11.2. The standard InChI is InChI=1S/C33H57N2P.C8H6.2ClH.Ru/c1-6-16-28(17-7-1)34-26-27-35(29-18-8-2-9-19-29)33(34)36(30-20-10-3-11-21-30,31-22-12-4-13-23-31)32-24-14-5-15-25-32;1-2-8-6-4-3-5-7-8;;;/h26-32H,1-25H2;2-7H;2*1H;/q;;;;+2/p-2. The molecule has 6 heteroatoms. The normalized spacial score (nSPS) is 23.4. The minimum atomic E-state index is -1.74. The maximum atomic E-state index is 5.59. The first-order chi connectivity index (χ1) is 23.2. The quantitative estimate of drug-likeness (QED) is 0.204. The fourth-order valence-corrected chi connectivity index (χ4v) is 19.3. The van der Waals surface area contributed by atoms with Crippen LogP contribution in [0, 0.1) is 5.20 Å². The van der Waals surface area contributed by atoms with Gasteiger partial charge in [-0.1, -0.05) is 103 Å². The van der Waals surface area contributed by atoms with Gasteiger partial charge in [-0.05, 0) is 81.2 Å². The molecule has 1 aromatic heterocycles. The second-order valence-electron chi connectivity index (χ2n) is 15.5. The Kier molecular flexibility index (Phi) is 14.6. The summed E-state index contributed by atoms with van der Waals surface area (Å²) >= 11 is -1.74. The Labute approximate surface area is 300 Å². The van der Waals surface area contributed by atoms with E-state index in [9.17, 15) is 0 Å². The van der Waals surface area contributed by atoms with Gasteiger partial charge in [-0.25, -0.2) is 0 Å². The zero-order valence-corrected chi connectivity index (χ0v) is 33.3. The third kappa shape index (κ3) is 9.15. The molecule has 1 aromatic carbocycles. The molecule has 0 atom stereocenters. The van der Waals surface area contributed by atoms with Crippen LogP contribution in [0.5, 0.6) is 0 Å². The van der Waals surface area contributed by atoms with Crippen LogP contribution < -0.4 is 0 Å². The summed E-state index contributed by atoms with van der Waals surface area (Å²) in [5, 5.41) is 2.02. The fraction of sp³-hybridized carbons (Fsp3) is 0.732. The minimum absolute atomic E-state index is 0.800. The van der Waals surface area contributed by atoms with Gasteiger partial charge in [0.1, 0.15) is 5.20 Å². The van der Waals surface area contributed by atoms with Crippen LogP contribution in [0.4, 0.5) is 0 Å². The minimum Gasteiger partial charge on any atom is -0.330 e. The average molecular weight is 787 g/mol. The van der Waals surface area contributed by atoms with Crippen LogP contribution in [-0.2, 0) is 13.5 Å². The maximum absolute atomic E-state index is 5.59. The van der Waals surface area contributed by atoms with Gasteiger partial charge in [0.15, 0.2) is 0 Å². The summed E-state index contributed by atoms with van der Waals surface area (Å²) in [6.07, 6.45) is 44.9. The van der Waals surface area contributed by atoms with E-state index in [-0.39, 0.29) is 0 Å². The number of rotatable bonds is 6. The average Bonchev–Trinajstić information content (AvgIpc) is 3.59. The van der Waals surface area contributed by atoms with Gasteiger partial charge >= 0.3 is 79.1 Å². The molecule has 0 spiro atoms. The predicted octanol–water partition coefficient (Wildman–Crippen LogP) is 13.9. The summed E-state index contributed by atoms with van der Waals surface area (Å²) in [6.45, 7) is -1.31. The number of hydrogen-bond donors (Lipinski definition) is 0. The molecule has 47 heavy (non-hydrogen) atoms.